The Balaban J connectivity index is 1.06. The number of benzene rings is 1. The van der Waals surface area contributed by atoms with E-state index < -0.39 is 0 Å². The predicted octanol–water partition coefficient (Wildman–Crippen LogP) is 6.26. The molecule has 0 amide bonds. The summed E-state index contributed by atoms with van der Waals surface area (Å²) in [6, 6.07) is 17.8. The molecule has 0 aliphatic heterocycles. The molecule has 0 unspecified atom stereocenters. The summed E-state index contributed by atoms with van der Waals surface area (Å²) >= 11 is 0. The van der Waals surface area contributed by atoms with Crippen molar-refractivity contribution in [1.82, 2.24) is 29.9 Å². The monoisotopic (exact) mass is 518 g/mol. The second-order valence-electron chi connectivity index (χ2n) is 12.4. The van der Waals surface area contributed by atoms with Gasteiger partial charge in [0.2, 0.25) is 0 Å². The van der Waals surface area contributed by atoms with Crippen molar-refractivity contribution in [3.05, 3.63) is 106 Å². The number of nitrogens with zero attached hydrogens (tertiary/aromatic N) is 6. The SMILES string of the molecule is c1ccc2nc3c(cc2c1)C[C@H]1C[C@@H]3Cc2cc3nc4c(cc3nc21)C[C@H]1C[C@@H]4Cc2cc3ncncc3nc21. The third kappa shape index (κ3) is 2.99. The van der Waals surface area contributed by atoms with Gasteiger partial charge in [-0.3, -0.25) is 15.0 Å². The fourth-order valence-corrected chi connectivity index (χ4v) is 8.34. The molecule has 1 aromatic carbocycles. The number of para-hydroxylation sites is 1. The van der Waals surface area contributed by atoms with Crippen LogP contribution in [0.2, 0.25) is 0 Å². The molecule has 0 spiro atoms. The van der Waals surface area contributed by atoms with Crippen molar-refractivity contribution in [2.75, 3.05) is 0 Å². The van der Waals surface area contributed by atoms with Crippen LogP contribution in [-0.2, 0) is 25.7 Å². The van der Waals surface area contributed by atoms with E-state index in [1.807, 2.05) is 6.20 Å². The molecule has 192 valence electrons. The molecule has 6 aromatic rings. The normalized spacial score (nSPS) is 23.9. The van der Waals surface area contributed by atoms with E-state index >= 15 is 0 Å². The lowest BCUT2D eigenvalue weighted by Gasteiger charge is -2.37. The van der Waals surface area contributed by atoms with Gasteiger partial charge in [0.05, 0.1) is 28.3 Å². The van der Waals surface area contributed by atoms with E-state index in [-0.39, 0.29) is 0 Å². The Labute approximate surface area is 231 Å². The predicted molar refractivity (Wildman–Crippen MR) is 154 cm³/mol. The van der Waals surface area contributed by atoms with Gasteiger partial charge in [-0.2, -0.15) is 0 Å². The molecule has 6 nitrogen and oxygen atoms in total. The number of hydrogen-bond donors (Lipinski definition) is 0. The maximum Gasteiger partial charge on any atom is 0.116 e. The third-order valence-electron chi connectivity index (χ3n) is 10.0. The number of pyridine rings is 4. The van der Waals surface area contributed by atoms with Gasteiger partial charge in [0.25, 0.3) is 0 Å². The van der Waals surface area contributed by atoms with Crippen molar-refractivity contribution in [3.63, 3.8) is 0 Å². The summed E-state index contributed by atoms with van der Waals surface area (Å²) in [6.45, 7) is 0. The molecule has 0 saturated carbocycles. The zero-order valence-corrected chi connectivity index (χ0v) is 22.0. The van der Waals surface area contributed by atoms with Gasteiger partial charge >= 0.3 is 0 Å². The van der Waals surface area contributed by atoms with Crippen LogP contribution in [0, 0.1) is 0 Å². The lowest BCUT2D eigenvalue weighted by atomic mass is 9.69. The molecular weight excluding hydrogens is 492 g/mol. The lowest BCUT2D eigenvalue weighted by molar-refractivity contribution is 0.438. The fraction of sp³-hybridized carbons (Fsp3) is 0.294. The van der Waals surface area contributed by atoms with Gasteiger partial charge in [-0.25, -0.2) is 15.0 Å². The second-order valence-corrected chi connectivity index (χ2v) is 12.4. The quantitative estimate of drug-likeness (QED) is 0.236. The smallest absolute Gasteiger partial charge is 0.116 e. The van der Waals surface area contributed by atoms with E-state index in [0.29, 0.717) is 23.7 Å². The maximum absolute atomic E-state index is 5.34. The first-order chi connectivity index (χ1) is 19.7. The minimum absolute atomic E-state index is 0.417. The van der Waals surface area contributed by atoms with Crippen LogP contribution in [0.1, 0.15) is 81.5 Å². The lowest BCUT2D eigenvalue weighted by Crippen LogP contribution is -2.28. The summed E-state index contributed by atoms with van der Waals surface area (Å²) in [4.78, 5) is 29.5. The van der Waals surface area contributed by atoms with Gasteiger partial charge in [0.15, 0.2) is 0 Å². The molecule has 0 fully saturated rings. The van der Waals surface area contributed by atoms with Crippen molar-refractivity contribution in [2.24, 2.45) is 0 Å². The van der Waals surface area contributed by atoms with Gasteiger partial charge in [0, 0.05) is 51.8 Å². The highest BCUT2D eigenvalue weighted by atomic mass is 14.9. The number of fused-ring (bicyclic) bond motifs is 15. The number of aromatic nitrogens is 6. The van der Waals surface area contributed by atoms with Gasteiger partial charge in [0.1, 0.15) is 11.8 Å². The van der Waals surface area contributed by atoms with E-state index in [4.69, 9.17) is 19.9 Å². The Morgan fingerprint density at radius 1 is 0.500 bits per heavy atom. The van der Waals surface area contributed by atoms with Crippen LogP contribution in [-0.4, -0.2) is 29.9 Å². The Morgan fingerprint density at radius 2 is 1.00 bits per heavy atom. The van der Waals surface area contributed by atoms with E-state index in [9.17, 15) is 0 Å². The molecule has 0 saturated heterocycles. The highest BCUT2D eigenvalue weighted by molar-refractivity contribution is 5.81. The Hall–Kier alpha value is -4.32. The van der Waals surface area contributed by atoms with Gasteiger partial charge < -0.3 is 0 Å². The van der Waals surface area contributed by atoms with Crippen LogP contribution < -0.4 is 0 Å². The van der Waals surface area contributed by atoms with Crippen LogP contribution in [0.5, 0.6) is 0 Å². The highest BCUT2D eigenvalue weighted by Gasteiger charge is 2.38. The molecule has 0 radical (unpaired) electrons. The Bertz CT molecular complexity index is 1920. The number of hydrogen-bond acceptors (Lipinski definition) is 6. The van der Waals surface area contributed by atoms with Gasteiger partial charge in [-0.1, -0.05) is 18.2 Å². The van der Waals surface area contributed by atoms with Gasteiger partial charge in [-0.15, -0.1) is 0 Å². The third-order valence-corrected chi connectivity index (χ3v) is 10.0. The van der Waals surface area contributed by atoms with Crippen LogP contribution in [0.25, 0.3) is 33.0 Å². The van der Waals surface area contributed by atoms with Crippen molar-refractivity contribution < 1.29 is 0 Å². The molecule has 4 aliphatic carbocycles. The molecule has 5 aromatic heterocycles. The molecule has 0 N–H and O–H groups in total. The summed E-state index contributed by atoms with van der Waals surface area (Å²) < 4.78 is 0. The van der Waals surface area contributed by atoms with E-state index in [0.717, 1.165) is 66.1 Å². The second kappa shape index (κ2) is 7.66. The maximum atomic E-state index is 5.34. The number of rotatable bonds is 0. The summed E-state index contributed by atoms with van der Waals surface area (Å²) in [5, 5.41) is 1.24. The molecule has 4 atom stereocenters. The zero-order valence-electron chi connectivity index (χ0n) is 22.0. The molecule has 5 heterocycles. The summed E-state index contributed by atoms with van der Waals surface area (Å²) in [5.41, 5.74) is 15.6. The van der Waals surface area contributed by atoms with Crippen molar-refractivity contribution >= 4 is 33.0 Å². The topological polar surface area (TPSA) is 77.3 Å². The summed E-state index contributed by atoms with van der Waals surface area (Å²) in [6.07, 6.45) is 9.69. The summed E-state index contributed by atoms with van der Waals surface area (Å²) in [5.74, 6) is 1.76. The van der Waals surface area contributed by atoms with Crippen molar-refractivity contribution in [3.8, 4) is 0 Å². The summed E-state index contributed by atoms with van der Waals surface area (Å²) in [7, 11) is 0. The molecule has 4 aliphatic rings. The average Bonchev–Trinajstić information content (AvgIpc) is 2.98. The van der Waals surface area contributed by atoms with E-state index in [1.165, 1.54) is 50.4 Å². The van der Waals surface area contributed by atoms with Crippen LogP contribution in [0.15, 0.2) is 61.1 Å². The first-order valence-electron chi connectivity index (χ1n) is 14.5. The van der Waals surface area contributed by atoms with Crippen molar-refractivity contribution in [1.29, 1.82) is 0 Å². The minimum Gasteiger partial charge on any atom is -0.252 e. The van der Waals surface area contributed by atoms with Gasteiger partial charge in [-0.05, 0) is 91.1 Å². The zero-order chi connectivity index (χ0) is 25.9. The van der Waals surface area contributed by atoms with E-state index in [1.54, 1.807) is 6.33 Å². The first-order valence-corrected chi connectivity index (χ1v) is 14.5. The van der Waals surface area contributed by atoms with Crippen LogP contribution in [0.4, 0.5) is 0 Å². The van der Waals surface area contributed by atoms with Crippen molar-refractivity contribution in [2.45, 2.75) is 62.2 Å². The Kier molecular flexibility index (Phi) is 4.11. The van der Waals surface area contributed by atoms with Crippen LogP contribution >= 0.6 is 0 Å². The average molecular weight is 519 g/mol. The van der Waals surface area contributed by atoms with Crippen LogP contribution in [0.3, 0.4) is 0 Å². The molecule has 40 heavy (non-hydrogen) atoms. The first kappa shape index (κ1) is 21.5. The Morgan fingerprint density at radius 3 is 1.62 bits per heavy atom. The highest BCUT2D eigenvalue weighted by Crippen LogP contribution is 2.49. The molecule has 4 bridgehead atoms. The largest absolute Gasteiger partial charge is 0.252 e. The molecule has 10 rings (SSSR count). The van der Waals surface area contributed by atoms with E-state index in [2.05, 4.69) is 58.5 Å². The molecular formula is C34H26N6. The fourth-order valence-electron chi connectivity index (χ4n) is 8.34. The standard InChI is InChI=1S/C34H26N6/c1-2-4-26-17(3-1)5-18-6-19-7-20(31(18)37-26)10-24-13-29-28(38-32(19)24)14-25-11-22-8-21(33(25)39-29)9-23-12-27-30(40-34(22)23)15-35-16-36-27/h1-5,12-16,19-22H,6-11H2/t19-,20+,21+,22+/m0/s1. The molecule has 6 heteroatoms. The minimum atomic E-state index is 0.417.